The van der Waals surface area contributed by atoms with E-state index in [2.05, 4.69) is 10.6 Å². The van der Waals surface area contributed by atoms with Crippen molar-refractivity contribution in [2.45, 2.75) is 37.8 Å². The number of anilines is 1. The van der Waals surface area contributed by atoms with E-state index in [1.54, 1.807) is 41.8 Å². The van der Waals surface area contributed by atoms with Crippen LogP contribution in [0, 0.1) is 5.82 Å². The van der Waals surface area contributed by atoms with E-state index in [0.717, 1.165) is 25.7 Å². The summed E-state index contributed by atoms with van der Waals surface area (Å²) < 4.78 is 13.7. The Balaban J connectivity index is 1.65. The van der Waals surface area contributed by atoms with Crippen LogP contribution in [0.1, 0.15) is 47.0 Å². The molecule has 34 heavy (non-hydrogen) atoms. The maximum atomic E-state index is 13.7. The quantitative estimate of drug-likeness (QED) is 0.501. The minimum absolute atomic E-state index is 0.0578. The molecule has 1 heterocycles. The van der Waals surface area contributed by atoms with Crippen molar-refractivity contribution in [3.63, 3.8) is 0 Å². The Kier molecular flexibility index (Phi) is 7.69. The molecule has 1 aliphatic carbocycles. The lowest BCUT2D eigenvalue weighted by atomic mass is 10.0. The first-order valence-corrected chi connectivity index (χ1v) is 12.2. The Hall–Kier alpha value is -3.52. The fraction of sp³-hybridized carbons (Fsp3) is 0.269. The van der Waals surface area contributed by atoms with Gasteiger partial charge in [-0.2, -0.15) is 0 Å². The van der Waals surface area contributed by atoms with Crippen LogP contribution in [0.2, 0.25) is 0 Å². The zero-order valence-electron chi connectivity index (χ0n) is 18.6. The van der Waals surface area contributed by atoms with Crippen molar-refractivity contribution in [3.8, 4) is 0 Å². The van der Waals surface area contributed by atoms with Crippen LogP contribution in [-0.4, -0.2) is 30.3 Å². The molecule has 8 heteroatoms. The van der Waals surface area contributed by atoms with Crippen LogP contribution in [0.3, 0.4) is 0 Å². The average molecular weight is 480 g/mol. The third kappa shape index (κ3) is 5.69. The molecule has 1 atom stereocenters. The summed E-state index contributed by atoms with van der Waals surface area (Å²) in [6.07, 6.45) is 3.90. The van der Waals surface area contributed by atoms with Crippen LogP contribution >= 0.6 is 11.3 Å². The van der Waals surface area contributed by atoms with Crippen molar-refractivity contribution in [1.82, 2.24) is 10.6 Å². The maximum Gasteiger partial charge on any atom is 0.261 e. The highest BCUT2D eigenvalue weighted by molar-refractivity contribution is 7.12. The van der Waals surface area contributed by atoms with Crippen LogP contribution in [0.25, 0.3) is 0 Å². The second-order valence-electron chi connectivity index (χ2n) is 8.20. The Morgan fingerprint density at radius 2 is 1.68 bits per heavy atom. The number of benzene rings is 2. The molecular weight excluding hydrogens is 453 g/mol. The number of hydrogen-bond donors (Lipinski definition) is 2. The molecule has 0 unspecified atom stereocenters. The lowest BCUT2D eigenvalue weighted by molar-refractivity contribution is -0.126. The molecule has 0 radical (unpaired) electrons. The van der Waals surface area contributed by atoms with Gasteiger partial charge in [-0.05, 0) is 54.1 Å². The van der Waals surface area contributed by atoms with E-state index in [-0.39, 0.29) is 24.4 Å². The van der Waals surface area contributed by atoms with Gasteiger partial charge in [0.2, 0.25) is 11.8 Å². The fourth-order valence-electron chi connectivity index (χ4n) is 4.18. The van der Waals surface area contributed by atoms with Gasteiger partial charge in [-0.25, -0.2) is 4.39 Å². The number of rotatable bonds is 8. The van der Waals surface area contributed by atoms with Crippen molar-refractivity contribution >= 4 is 34.7 Å². The summed E-state index contributed by atoms with van der Waals surface area (Å²) in [4.78, 5) is 41.3. The lowest BCUT2D eigenvalue weighted by Gasteiger charge is -2.32. The highest BCUT2D eigenvalue weighted by Crippen LogP contribution is 2.29. The Morgan fingerprint density at radius 1 is 0.971 bits per heavy atom. The van der Waals surface area contributed by atoms with Gasteiger partial charge in [-0.1, -0.05) is 49.2 Å². The molecule has 176 valence electrons. The summed E-state index contributed by atoms with van der Waals surface area (Å²) in [6, 6.07) is 16.9. The molecule has 0 bridgehead atoms. The number of hydrogen-bond acceptors (Lipinski definition) is 4. The number of thiophene rings is 1. The van der Waals surface area contributed by atoms with E-state index >= 15 is 0 Å². The minimum atomic E-state index is -0.974. The van der Waals surface area contributed by atoms with Crippen LogP contribution in [0.5, 0.6) is 0 Å². The van der Waals surface area contributed by atoms with Gasteiger partial charge in [0, 0.05) is 11.7 Å². The first-order valence-electron chi connectivity index (χ1n) is 11.3. The third-order valence-corrected chi connectivity index (χ3v) is 6.71. The molecule has 1 aromatic heterocycles. The molecule has 2 N–H and O–H groups in total. The summed E-state index contributed by atoms with van der Waals surface area (Å²) in [7, 11) is 0. The van der Waals surface area contributed by atoms with Gasteiger partial charge in [-0.3, -0.25) is 19.3 Å². The van der Waals surface area contributed by atoms with Gasteiger partial charge in [-0.15, -0.1) is 11.3 Å². The Bertz CT molecular complexity index is 1110. The molecule has 0 aliphatic heterocycles. The number of carbonyl (C=O) groups excluding carboxylic acids is 3. The molecule has 1 fully saturated rings. The molecule has 2 aromatic carbocycles. The molecule has 0 spiro atoms. The third-order valence-electron chi connectivity index (χ3n) is 5.84. The number of amides is 3. The predicted octanol–water partition coefficient (Wildman–Crippen LogP) is 4.45. The van der Waals surface area contributed by atoms with Crippen LogP contribution in [0.15, 0.2) is 72.1 Å². The lowest BCUT2D eigenvalue weighted by Crippen LogP contribution is -2.49. The number of carbonyl (C=O) groups is 3. The highest BCUT2D eigenvalue weighted by Gasteiger charge is 2.34. The predicted molar refractivity (Wildman–Crippen MR) is 130 cm³/mol. The van der Waals surface area contributed by atoms with E-state index < -0.39 is 17.8 Å². The first kappa shape index (κ1) is 23.6. The van der Waals surface area contributed by atoms with E-state index in [1.165, 1.54) is 40.5 Å². The SMILES string of the molecule is O=C(NCC(=O)N(c1ccc(F)cc1)[C@H](C(=O)NC1CCCC1)c1ccccc1)c1cccs1. The van der Waals surface area contributed by atoms with Gasteiger partial charge in [0.25, 0.3) is 5.91 Å². The Morgan fingerprint density at radius 3 is 2.32 bits per heavy atom. The van der Waals surface area contributed by atoms with Crippen LogP contribution in [-0.2, 0) is 9.59 Å². The second kappa shape index (κ2) is 11.1. The van der Waals surface area contributed by atoms with E-state index in [4.69, 9.17) is 0 Å². The van der Waals surface area contributed by atoms with E-state index in [9.17, 15) is 18.8 Å². The van der Waals surface area contributed by atoms with Gasteiger partial charge < -0.3 is 10.6 Å². The minimum Gasteiger partial charge on any atom is -0.351 e. The first-order chi connectivity index (χ1) is 16.5. The standard InChI is InChI=1S/C26H26FN3O3S/c27-19-12-14-21(15-13-19)30(23(31)17-28-25(32)22-11-6-16-34-22)24(18-7-2-1-3-8-18)26(33)29-20-9-4-5-10-20/h1-3,6-8,11-16,20,24H,4-5,9-10,17H2,(H,28,32)(H,29,33)/t24-/m0/s1. The average Bonchev–Trinajstić information content (AvgIpc) is 3.57. The van der Waals surface area contributed by atoms with Crippen LogP contribution < -0.4 is 15.5 Å². The number of nitrogens with one attached hydrogen (secondary N) is 2. The Labute approximate surface area is 201 Å². The molecule has 3 amide bonds. The number of nitrogens with zero attached hydrogens (tertiary/aromatic N) is 1. The maximum absolute atomic E-state index is 13.7. The summed E-state index contributed by atoms with van der Waals surface area (Å²) >= 11 is 1.27. The van der Waals surface area contributed by atoms with Gasteiger partial charge in [0.15, 0.2) is 0 Å². The van der Waals surface area contributed by atoms with Crippen molar-refractivity contribution < 1.29 is 18.8 Å². The summed E-state index contributed by atoms with van der Waals surface area (Å²) in [6.45, 7) is -0.311. The van der Waals surface area contributed by atoms with Crippen LogP contribution in [0.4, 0.5) is 10.1 Å². The summed E-state index contributed by atoms with van der Waals surface area (Å²) in [5.74, 6) is -1.60. The van der Waals surface area contributed by atoms with Crippen molar-refractivity contribution in [2.24, 2.45) is 0 Å². The molecular formula is C26H26FN3O3S. The van der Waals surface area contributed by atoms with Gasteiger partial charge in [0.1, 0.15) is 11.9 Å². The largest absolute Gasteiger partial charge is 0.351 e. The topological polar surface area (TPSA) is 78.5 Å². The highest BCUT2D eigenvalue weighted by atomic mass is 32.1. The molecule has 1 aliphatic rings. The molecule has 6 nitrogen and oxygen atoms in total. The summed E-state index contributed by atoms with van der Waals surface area (Å²) in [5.41, 5.74) is 0.993. The van der Waals surface area contributed by atoms with Gasteiger partial charge >= 0.3 is 0 Å². The fourth-order valence-corrected chi connectivity index (χ4v) is 4.82. The smallest absolute Gasteiger partial charge is 0.261 e. The monoisotopic (exact) mass is 479 g/mol. The molecule has 4 rings (SSSR count). The molecule has 3 aromatic rings. The number of halogens is 1. The molecule has 1 saturated carbocycles. The van der Waals surface area contributed by atoms with E-state index in [1.807, 2.05) is 6.07 Å². The zero-order chi connectivity index (χ0) is 23.9. The second-order valence-corrected chi connectivity index (χ2v) is 9.15. The normalized spacial score (nSPS) is 14.4. The van der Waals surface area contributed by atoms with Crippen molar-refractivity contribution in [1.29, 1.82) is 0 Å². The van der Waals surface area contributed by atoms with Crippen molar-refractivity contribution in [2.75, 3.05) is 11.4 Å². The summed E-state index contributed by atoms with van der Waals surface area (Å²) in [5, 5.41) is 7.51. The zero-order valence-corrected chi connectivity index (χ0v) is 19.4. The van der Waals surface area contributed by atoms with Gasteiger partial charge in [0.05, 0.1) is 11.4 Å². The van der Waals surface area contributed by atoms with E-state index in [0.29, 0.717) is 16.1 Å². The van der Waals surface area contributed by atoms with Crippen molar-refractivity contribution in [3.05, 3.63) is 88.4 Å². The molecule has 0 saturated heterocycles.